The van der Waals surface area contributed by atoms with Gasteiger partial charge in [0.05, 0.1) is 18.2 Å². The van der Waals surface area contributed by atoms with E-state index < -0.39 is 0 Å². The molecule has 0 spiro atoms. The quantitative estimate of drug-likeness (QED) is 0.793. The molecule has 3 aliphatic rings. The van der Waals surface area contributed by atoms with Crippen molar-refractivity contribution < 1.29 is 14.1 Å². The van der Waals surface area contributed by atoms with Crippen molar-refractivity contribution in [2.24, 2.45) is 5.92 Å². The molecule has 2 aromatic rings. The largest absolute Gasteiger partial charge is 0.361 e. The summed E-state index contributed by atoms with van der Waals surface area (Å²) >= 11 is 0. The van der Waals surface area contributed by atoms with Crippen LogP contribution in [0.15, 0.2) is 29.0 Å². The number of hydrogen-bond acceptors (Lipinski definition) is 5. The number of aromatic nitrogens is 2. The third-order valence-electron chi connectivity index (χ3n) is 6.01. The number of fused-ring (bicyclic) bond motifs is 4. The summed E-state index contributed by atoms with van der Waals surface area (Å²) in [6.07, 6.45) is 6.45. The normalized spacial score (nSPS) is 21.9. The highest BCUT2D eigenvalue weighted by Gasteiger charge is 2.42. The number of pyridine rings is 1. The van der Waals surface area contributed by atoms with Gasteiger partial charge in [-0.15, -0.1) is 0 Å². The van der Waals surface area contributed by atoms with Crippen LogP contribution in [-0.4, -0.2) is 50.9 Å². The minimum Gasteiger partial charge on any atom is -0.361 e. The van der Waals surface area contributed by atoms with E-state index in [1.54, 1.807) is 12.4 Å². The molecule has 7 heteroatoms. The van der Waals surface area contributed by atoms with E-state index in [0.717, 1.165) is 35.4 Å². The molecule has 2 unspecified atom stereocenters. The van der Waals surface area contributed by atoms with E-state index in [1.165, 1.54) is 0 Å². The van der Waals surface area contributed by atoms with Crippen LogP contribution in [0.5, 0.6) is 0 Å². The molecular formula is C21H26N4O3. The minimum atomic E-state index is -0.110. The average Bonchev–Trinajstić information content (AvgIpc) is 2.88. The fourth-order valence-corrected chi connectivity index (χ4v) is 4.31. The first-order chi connectivity index (χ1) is 13.5. The molecule has 7 nitrogen and oxygen atoms in total. The Morgan fingerprint density at radius 2 is 2.14 bits per heavy atom. The van der Waals surface area contributed by atoms with E-state index in [0.29, 0.717) is 32.5 Å². The highest BCUT2D eigenvalue weighted by Crippen LogP contribution is 2.31. The first-order valence-electron chi connectivity index (χ1n) is 9.92. The molecular weight excluding hydrogens is 356 g/mol. The Morgan fingerprint density at radius 1 is 1.29 bits per heavy atom. The zero-order chi connectivity index (χ0) is 19.7. The topological polar surface area (TPSA) is 79.5 Å². The van der Waals surface area contributed by atoms with Crippen LogP contribution in [0.1, 0.15) is 41.8 Å². The summed E-state index contributed by atoms with van der Waals surface area (Å²) in [6.45, 7) is 5.43. The zero-order valence-electron chi connectivity index (χ0n) is 16.4. The molecule has 5 rings (SSSR count). The number of amides is 2. The summed E-state index contributed by atoms with van der Waals surface area (Å²) in [5.74, 6) is 0.919. The second kappa shape index (κ2) is 7.73. The SMILES string of the molecule is Cc1noc(C)c1CN1C(=O)C2CCC1CN(C(=O)CCc1cccnc1)C2. The van der Waals surface area contributed by atoms with Gasteiger partial charge in [-0.1, -0.05) is 11.2 Å². The lowest BCUT2D eigenvalue weighted by Gasteiger charge is -2.35. The number of piperidine rings is 1. The summed E-state index contributed by atoms with van der Waals surface area (Å²) in [5.41, 5.74) is 2.87. The molecule has 0 radical (unpaired) electrons. The lowest BCUT2D eigenvalue weighted by atomic mass is 9.93. The molecule has 3 saturated heterocycles. The lowest BCUT2D eigenvalue weighted by molar-refractivity contribution is -0.140. The van der Waals surface area contributed by atoms with Gasteiger partial charge in [-0.2, -0.15) is 0 Å². The standard InChI is InChI=1S/C21H26N4O3/c1-14-19(15(2)28-23-14)13-25-18-7-6-17(21(25)27)11-24(12-18)20(26)8-5-16-4-3-9-22-10-16/h3-4,9-10,17-18H,5-8,11-13H2,1-2H3. The molecule has 148 valence electrons. The molecule has 2 bridgehead atoms. The third-order valence-corrected chi connectivity index (χ3v) is 6.01. The summed E-state index contributed by atoms with van der Waals surface area (Å²) < 4.78 is 5.26. The van der Waals surface area contributed by atoms with E-state index in [2.05, 4.69) is 10.1 Å². The van der Waals surface area contributed by atoms with Gasteiger partial charge in [-0.25, -0.2) is 0 Å². The lowest BCUT2D eigenvalue weighted by Crippen LogP contribution is -2.47. The molecule has 2 amide bonds. The van der Waals surface area contributed by atoms with Crippen molar-refractivity contribution in [3.63, 3.8) is 0 Å². The van der Waals surface area contributed by atoms with Crippen LogP contribution in [-0.2, 0) is 22.6 Å². The Morgan fingerprint density at radius 3 is 2.86 bits per heavy atom. The van der Waals surface area contributed by atoms with E-state index in [4.69, 9.17) is 4.52 Å². The van der Waals surface area contributed by atoms with Crippen LogP contribution < -0.4 is 0 Å². The first kappa shape index (κ1) is 18.7. The van der Waals surface area contributed by atoms with Crippen LogP contribution in [0.3, 0.4) is 0 Å². The van der Waals surface area contributed by atoms with Gasteiger partial charge in [0.15, 0.2) is 0 Å². The van der Waals surface area contributed by atoms with Gasteiger partial charge in [0.1, 0.15) is 5.76 Å². The predicted molar refractivity (Wildman–Crippen MR) is 102 cm³/mol. The smallest absolute Gasteiger partial charge is 0.228 e. The van der Waals surface area contributed by atoms with Crippen molar-refractivity contribution in [3.05, 3.63) is 47.1 Å². The molecule has 28 heavy (non-hydrogen) atoms. The van der Waals surface area contributed by atoms with E-state index in [-0.39, 0.29) is 23.8 Å². The Kier molecular flexibility index (Phi) is 5.15. The Balaban J connectivity index is 1.45. The van der Waals surface area contributed by atoms with Crippen LogP contribution >= 0.6 is 0 Å². The van der Waals surface area contributed by atoms with Crippen molar-refractivity contribution in [1.29, 1.82) is 0 Å². The second-order valence-corrected chi connectivity index (χ2v) is 7.86. The monoisotopic (exact) mass is 382 g/mol. The minimum absolute atomic E-state index is 0.0577. The van der Waals surface area contributed by atoms with Crippen molar-refractivity contribution in [3.8, 4) is 0 Å². The molecule has 3 aliphatic heterocycles. The van der Waals surface area contributed by atoms with Gasteiger partial charge in [-0.05, 0) is 44.7 Å². The van der Waals surface area contributed by atoms with Gasteiger partial charge in [0.25, 0.3) is 0 Å². The van der Waals surface area contributed by atoms with Crippen molar-refractivity contribution in [2.75, 3.05) is 13.1 Å². The van der Waals surface area contributed by atoms with E-state index in [1.807, 2.05) is 35.8 Å². The van der Waals surface area contributed by atoms with Gasteiger partial charge < -0.3 is 14.3 Å². The predicted octanol–water partition coefficient (Wildman–Crippen LogP) is 2.27. The van der Waals surface area contributed by atoms with E-state index in [9.17, 15) is 9.59 Å². The highest BCUT2D eigenvalue weighted by molar-refractivity contribution is 5.83. The summed E-state index contributed by atoms with van der Waals surface area (Å²) in [6, 6.07) is 3.93. The molecule has 2 aromatic heterocycles. The van der Waals surface area contributed by atoms with Gasteiger partial charge in [0.2, 0.25) is 11.8 Å². The third kappa shape index (κ3) is 3.66. The highest BCUT2D eigenvalue weighted by atomic mass is 16.5. The molecule has 0 aliphatic carbocycles. The van der Waals surface area contributed by atoms with Gasteiger partial charge >= 0.3 is 0 Å². The Hall–Kier alpha value is -2.70. The Bertz CT molecular complexity index is 844. The molecule has 3 fully saturated rings. The van der Waals surface area contributed by atoms with Crippen molar-refractivity contribution in [1.82, 2.24) is 19.9 Å². The molecule has 0 saturated carbocycles. The van der Waals surface area contributed by atoms with E-state index >= 15 is 0 Å². The number of aryl methyl sites for hydroxylation is 3. The van der Waals surface area contributed by atoms with Crippen LogP contribution in [0.25, 0.3) is 0 Å². The van der Waals surface area contributed by atoms with Crippen LogP contribution in [0.2, 0.25) is 0 Å². The average molecular weight is 382 g/mol. The van der Waals surface area contributed by atoms with Crippen LogP contribution in [0, 0.1) is 19.8 Å². The number of nitrogens with zero attached hydrogens (tertiary/aromatic N) is 4. The zero-order valence-corrected chi connectivity index (χ0v) is 16.4. The molecule has 2 atom stereocenters. The molecule has 0 aromatic carbocycles. The van der Waals surface area contributed by atoms with Crippen LogP contribution in [0.4, 0.5) is 0 Å². The maximum absolute atomic E-state index is 13.0. The number of rotatable bonds is 5. The summed E-state index contributed by atoms with van der Waals surface area (Å²) in [5, 5.41) is 4.01. The molecule has 5 heterocycles. The fraction of sp³-hybridized carbons (Fsp3) is 0.524. The van der Waals surface area contributed by atoms with Crippen molar-refractivity contribution >= 4 is 11.8 Å². The maximum atomic E-state index is 13.0. The fourth-order valence-electron chi connectivity index (χ4n) is 4.31. The summed E-state index contributed by atoms with van der Waals surface area (Å²) in [4.78, 5) is 33.8. The van der Waals surface area contributed by atoms with Crippen molar-refractivity contribution in [2.45, 2.75) is 52.1 Å². The summed E-state index contributed by atoms with van der Waals surface area (Å²) in [7, 11) is 0. The van der Waals surface area contributed by atoms with Gasteiger partial charge in [-0.3, -0.25) is 14.6 Å². The van der Waals surface area contributed by atoms with Gasteiger partial charge in [0, 0.05) is 43.5 Å². The first-order valence-corrected chi connectivity index (χ1v) is 9.92. The number of carbonyl (C=O) groups is 2. The Labute approximate surface area is 164 Å². The second-order valence-electron chi connectivity index (χ2n) is 7.86. The number of hydrogen-bond donors (Lipinski definition) is 0. The molecule has 0 N–H and O–H groups in total. The maximum Gasteiger partial charge on any atom is 0.228 e. The number of carbonyl (C=O) groups excluding carboxylic acids is 2.